The number of rotatable bonds is 2. The summed E-state index contributed by atoms with van der Waals surface area (Å²) in [5.41, 5.74) is 2.81. The molecule has 1 aliphatic carbocycles. The SMILES string of the molecule is Cc1ccc(NC(=O)c2oc3ccc4c(c3c2C)C(=O)CC2(CCCC2)O4)c(Cl)c1. The number of benzene rings is 2. The Kier molecular flexibility index (Phi) is 4.40. The van der Waals surface area contributed by atoms with E-state index >= 15 is 0 Å². The molecule has 6 heteroatoms. The molecule has 1 aliphatic heterocycles. The highest BCUT2D eigenvalue weighted by atomic mass is 35.5. The predicted molar refractivity (Wildman–Crippen MR) is 116 cm³/mol. The van der Waals surface area contributed by atoms with Crippen LogP contribution in [0.2, 0.25) is 5.02 Å². The van der Waals surface area contributed by atoms with Crippen molar-refractivity contribution in [2.75, 3.05) is 5.32 Å². The van der Waals surface area contributed by atoms with E-state index in [0.29, 0.717) is 45.0 Å². The van der Waals surface area contributed by atoms with E-state index < -0.39 is 5.91 Å². The van der Waals surface area contributed by atoms with E-state index in [1.54, 1.807) is 31.2 Å². The molecule has 1 fully saturated rings. The number of ether oxygens (including phenoxy) is 1. The molecule has 5 rings (SSSR count). The molecule has 1 saturated carbocycles. The van der Waals surface area contributed by atoms with Gasteiger partial charge >= 0.3 is 0 Å². The van der Waals surface area contributed by atoms with Crippen LogP contribution in [0.25, 0.3) is 11.0 Å². The number of anilines is 1. The van der Waals surface area contributed by atoms with Gasteiger partial charge in [0.05, 0.1) is 22.7 Å². The van der Waals surface area contributed by atoms with Crippen molar-refractivity contribution in [1.82, 2.24) is 0 Å². The second kappa shape index (κ2) is 6.88. The van der Waals surface area contributed by atoms with Crippen LogP contribution in [0.1, 0.15) is 64.1 Å². The van der Waals surface area contributed by atoms with Gasteiger partial charge in [0, 0.05) is 10.9 Å². The third-order valence-electron chi connectivity index (χ3n) is 6.24. The van der Waals surface area contributed by atoms with E-state index in [2.05, 4.69) is 5.32 Å². The Morgan fingerprint density at radius 2 is 1.90 bits per heavy atom. The number of hydrogen-bond donors (Lipinski definition) is 1. The molecular formula is C24H22ClNO4. The lowest BCUT2D eigenvalue weighted by molar-refractivity contribution is 0.0454. The summed E-state index contributed by atoms with van der Waals surface area (Å²) in [6, 6.07) is 8.98. The Hall–Kier alpha value is -2.79. The van der Waals surface area contributed by atoms with Gasteiger partial charge in [0.25, 0.3) is 5.91 Å². The summed E-state index contributed by atoms with van der Waals surface area (Å²) in [6.07, 6.45) is 4.37. The summed E-state index contributed by atoms with van der Waals surface area (Å²) in [7, 11) is 0. The molecule has 2 aromatic carbocycles. The van der Waals surface area contributed by atoms with Gasteiger partial charge in [-0.2, -0.15) is 0 Å². The van der Waals surface area contributed by atoms with Gasteiger partial charge in [-0.3, -0.25) is 9.59 Å². The number of carbonyl (C=O) groups excluding carboxylic acids is 2. The zero-order chi connectivity index (χ0) is 21.0. The van der Waals surface area contributed by atoms with E-state index in [-0.39, 0.29) is 17.1 Å². The average molecular weight is 424 g/mol. The van der Waals surface area contributed by atoms with Crippen LogP contribution in [0.3, 0.4) is 0 Å². The Morgan fingerprint density at radius 1 is 1.13 bits per heavy atom. The number of furan rings is 1. The van der Waals surface area contributed by atoms with Gasteiger partial charge in [0.15, 0.2) is 11.5 Å². The molecule has 0 bridgehead atoms. The largest absolute Gasteiger partial charge is 0.486 e. The molecule has 1 amide bonds. The first-order valence-corrected chi connectivity index (χ1v) is 10.6. The highest BCUT2D eigenvalue weighted by Gasteiger charge is 2.43. The van der Waals surface area contributed by atoms with Gasteiger partial charge in [-0.1, -0.05) is 17.7 Å². The molecule has 154 valence electrons. The van der Waals surface area contributed by atoms with Crippen LogP contribution in [0.5, 0.6) is 5.75 Å². The van der Waals surface area contributed by atoms with Gasteiger partial charge < -0.3 is 14.5 Å². The number of Topliss-reactive ketones (excluding diaryl/α,β-unsaturated/α-hetero) is 1. The van der Waals surface area contributed by atoms with E-state index in [9.17, 15) is 9.59 Å². The lowest BCUT2D eigenvalue weighted by Crippen LogP contribution is -2.39. The van der Waals surface area contributed by atoms with Gasteiger partial charge in [0.1, 0.15) is 16.9 Å². The summed E-state index contributed by atoms with van der Waals surface area (Å²) < 4.78 is 12.2. The molecule has 3 aromatic rings. The number of ketones is 1. The molecule has 0 unspecified atom stereocenters. The predicted octanol–water partition coefficient (Wildman–Crippen LogP) is 6.23. The molecule has 5 nitrogen and oxygen atoms in total. The van der Waals surface area contributed by atoms with Gasteiger partial charge in [-0.15, -0.1) is 0 Å². The Bertz CT molecular complexity index is 1200. The second-order valence-corrected chi connectivity index (χ2v) is 8.80. The fourth-order valence-corrected chi connectivity index (χ4v) is 5.03. The van der Waals surface area contributed by atoms with Crippen molar-refractivity contribution in [3.8, 4) is 5.75 Å². The lowest BCUT2D eigenvalue weighted by atomic mass is 9.87. The number of amides is 1. The zero-order valence-electron chi connectivity index (χ0n) is 16.9. The average Bonchev–Trinajstić information content (AvgIpc) is 3.28. The van der Waals surface area contributed by atoms with Crippen molar-refractivity contribution in [3.63, 3.8) is 0 Å². The number of halogens is 1. The quantitative estimate of drug-likeness (QED) is 0.530. The zero-order valence-corrected chi connectivity index (χ0v) is 17.7. The monoisotopic (exact) mass is 423 g/mol. The topological polar surface area (TPSA) is 68.5 Å². The van der Waals surface area contributed by atoms with Crippen molar-refractivity contribution in [1.29, 1.82) is 0 Å². The fourth-order valence-electron chi connectivity index (χ4n) is 4.75. The maximum absolute atomic E-state index is 13.1. The minimum Gasteiger partial charge on any atom is -0.486 e. The highest BCUT2D eigenvalue weighted by Crippen LogP contribution is 2.46. The van der Waals surface area contributed by atoms with Gasteiger partial charge in [0.2, 0.25) is 0 Å². The first-order chi connectivity index (χ1) is 14.4. The second-order valence-electron chi connectivity index (χ2n) is 8.40. The number of carbonyl (C=O) groups is 2. The molecule has 2 aliphatic rings. The van der Waals surface area contributed by atoms with E-state index in [1.807, 2.05) is 13.0 Å². The highest BCUT2D eigenvalue weighted by molar-refractivity contribution is 6.34. The maximum atomic E-state index is 13.1. The van der Waals surface area contributed by atoms with Crippen LogP contribution in [-0.2, 0) is 0 Å². The number of fused-ring (bicyclic) bond motifs is 3. The maximum Gasteiger partial charge on any atom is 0.291 e. The van der Waals surface area contributed by atoms with Crippen LogP contribution in [-0.4, -0.2) is 17.3 Å². The summed E-state index contributed by atoms with van der Waals surface area (Å²) in [5.74, 6) is 0.419. The fraction of sp³-hybridized carbons (Fsp3) is 0.333. The third-order valence-corrected chi connectivity index (χ3v) is 6.55. The van der Waals surface area contributed by atoms with Crippen molar-refractivity contribution in [3.05, 3.63) is 57.8 Å². The molecule has 2 heterocycles. The minimum absolute atomic E-state index is 0.0567. The van der Waals surface area contributed by atoms with Crippen LogP contribution in [0.15, 0.2) is 34.7 Å². The van der Waals surface area contributed by atoms with Gasteiger partial charge in [-0.05, 0) is 69.4 Å². The molecule has 0 atom stereocenters. The van der Waals surface area contributed by atoms with E-state index in [0.717, 1.165) is 31.2 Å². The summed E-state index contributed by atoms with van der Waals surface area (Å²) in [6.45, 7) is 3.73. The van der Waals surface area contributed by atoms with Crippen LogP contribution < -0.4 is 10.1 Å². The Labute approximate surface area is 179 Å². The number of hydrogen-bond acceptors (Lipinski definition) is 4. The van der Waals surface area contributed by atoms with Crippen molar-refractivity contribution < 1.29 is 18.7 Å². The number of aryl methyl sites for hydroxylation is 2. The summed E-state index contributed by atoms with van der Waals surface area (Å²) in [4.78, 5) is 26.0. The van der Waals surface area contributed by atoms with E-state index in [1.165, 1.54) is 0 Å². The van der Waals surface area contributed by atoms with Crippen LogP contribution >= 0.6 is 11.6 Å². The van der Waals surface area contributed by atoms with Crippen molar-refractivity contribution in [2.45, 2.75) is 51.6 Å². The summed E-state index contributed by atoms with van der Waals surface area (Å²) in [5, 5.41) is 3.92. The molecule has 0 radical (unpaired) electrons. The number of nitrogens with one attached hydrogen (secondary N) is 1. The minimum atomic E-state index is -0.403. The molecule has 30 heavy (non-hydrogen) atoms. The molecule has 1 aromatic heterocycles. The summed E-state index contributed by atoms with van der Waals surface area (Å²) >= 11 is 6.25. The molecule has 1 spiro atoms. The Morgan fingerprint density at radius 3 is 2.63 bits per heavy atom. The molecular weight excluding hydrogens is 402 g/mol. The first-order valence-electron chi connectivity index (χ1n) is 10.2. The standard InChI is InChI=1S/C24H22ClNO4/c1-13-5-6-16(15(25)11-13)26-23(28)22-14(2)20-18(29-22)7-8-19-21(20)17(27)12-24(30-19)9-3-4-10-24/h5-8,11H,3-4,9-10,12H2,1-2H3,(H,26,28). The first kappa shape index (κ1) is 19.2. The van der Waals surface area contributed by atoms with Crippen molar-refractivity contribution >= 4 is 39.9 Å². The van der Waals surface area contributed by atoms with E-state index in [4.69, 9.17) is 20.8 Å². The van der Waals surface area contributed by atoms with Crippen LogP contribution in [0.4, 0.5) is 5.69 Å². The van der Waals surface area contributed by atoms with Crippen molar-refractivity contribution in [2.24, 2.45) is 0 Å². The third kappa shape index (κ3) is 3.00. The van der Waals surface area contributed by atoms with Crippen LogP contribution in [0, 0.1) is 13.8 Å². The smallest absolute Gasteiger partial charge is 0.291 e. The normalized spacial score (nSPS) is 17.2. The molecule has 0 saturated heterocycles. The van der Waals surface area contributed by atoms with Gasteiger partial charge in [-0.25, -0.2) is 0 Å². The Balaban J connectivity index is 1.54. The lowest BCUT2D eigenvalue weighted by Gasteiger charge is -2.34. The molecule has 1 N–H and O–H groups in total.